The summed E-state index contributed by atoms with van der Waals surface area (Å²) in [5.41, 5.74) is 1.00. The van der Waals surface area contributed by atoms with Gasteiger partial charge in [0.25, 0.3) is 0 Å². The average Bonchev–Trinajstić information content (AvgIpc) is 3.34. The Hall–Kier alpha value is -3.32. The normalized spacial score (nSPS) is 13.6. The molecule has 0 bridgehead atoms. The maximum absolute atomic E-state index is 14.4. The minimum atomic E-state index is -0.742. The summed E-state index contributed by atoms with van der Waals surface area (Å²) in [5, 5.41) is 3.22. The average molecular weight is 414 g/mol. The van der Waals surface area contributed by atoms with Gasteiger partial charge in [0.2, 0.25) is 12.7 Å². The highest BCUT2D eigenvalue weighted by atomic mass is 35.5. The van der Waals surface area contributed by atoms with Crippen molar-refractivity contribution < 1.29 is 18.7 Å². The smallest absolute Gasteiger partial charge is 0.244 e. The predicted octanol–water partition coefficient (Wildman–Crippen LogP) is 3.86. The quantitative estimate of drug-likeness (QED) is 0.645. The summed E-state index contributed by atoms with van der Waals surface area (Å²) in [5.74, 6) is 0.697. The highest BCUT2D eigenvalue weighted by molar-refractivity contribution is 6.32. The molecule has 0 spiro atoms. The summed E-state index contributed by atoms with van der Waals surface area (Å²) in [6, 6.07) is 8.94. The standard InChI is InChI=1S/C21H17ClFN3O3/c1-26-9-8-24-21(26)19(14-4-2-3-5-16(14)23)25-18(27)7-6-13-10-15(22)20-17(11-13)28-12-29-20/h2-11,19H,12H2,1H3,(H,25,27)/b7-6+/t19-/m1/s1. The lowest BCUT2D eigenvalue weighted by Crippen LogP contribution is -2.30. The van der Waals surface area contributed by atoms with Gasteiger partial charge < -0.3 is 19.4 Å². The molecule has 8 heteroatoms. The maximum atomic E-state index is 14.4. The van der Waals surface area contributed by atoms with Crippen LogP contribution in [-0.2, 0) is 11.8 Å². The summed E-state index contributed by atoms with van der Waals surface area (Å²) in [6.45, 7) is 0.108. The number of aryl methyl sites for hydroxylation is 1. The topological polar surface area (TPSA) is 65.4 Å². The van der Waals surface area contributed by atoms with E-state index in [1.54, 1.807) is 60.4 Å². The molecule has 0 aliphatic carbocycles. The third-order valence-electron chi connectivity index (χ3n) is 4.50. The van der Waals surface area contributed by atoms with Crippen LogP contribution in [0.1, 0.15) is 23.0 Å². The lowest BCUT2D eigenvalue weighted by Gasteiger charge is -2.19. The van der Waals surface area contributed by atoms with Crippen LogP contribution in [0.2, 0.25) is 5.02 Å². The molecule has 1 aliphatic rings. The fraction of sp³-hybridized carbons (Fsp3) is 0.143. The van der Waals surface area contributed by atoms with Crippen molar-refractivity contribution >= 4 is 23.6 Å². The number of carbonyl (C=O) groups is 1. The third kappa shape index (κ3) is 3.95. The highest BCUT2D eigenvalue weighted by Gasteiger charge is 2.23. The second-order valence-corrected chi connectivity index (χ2v) is 6.84. The molecule has 6 nitrogen and oxygen atoms in total. The largest absolute Gasteiger partial charge is 0.454 e. The van der Waals surface area contributed by atoms with E-state index >= 15 is 0 Å². The van der Waals surface area contributed by atoms with Crippen LogP contribution < -0.4 is 14.8 Å². The van der Waals surface area contributed by atoms with Crippen molar-refractivity contribution in [2.45, 2.75) is 6.04 Å². The number of fused-ring (bicyclic) bond motifs is 1. The molecule has 2 aromatic carbocycles. The van der Waals surface area contributed by atoms with E-state index in [2.05, 4.69) is 10.3 Å². The van der Waals surface area contributed by atoms with Gasteiger partial charge in [0.1, 0.15) is 17.7 Å². The molecule has 148 valence electrons. The molecule has 2 heterocycles. The number of aromatic nitrogens is 2. The lowest BCUT2D eigenvalue weighted by atomic mass is 10.1. The van der Waals surface area contributed by atoms with Crippen molar-refractivity contribution in [3.63, 3.8) is 0 Å². The minimum Gasteiger partial charge on any atom is -0.454 e. The van der Waals surface area contributed by atoms with Gasteiger partial charge in [-0.3, -0.25) is 4.79 Å². The van der Waals surface area contributed by atoms with E-state index in [-0.39, 0.29) is 6.79 Å². The molecular formula is C21H17ClFN3O3. The third-order valence-corrected chi connectivity index (χ3v) is 4.78. The number of rotatable bonds is 5. The Labute approximate surface area is 171 Å². The van der Waals surface area contributed by atoms with Gasteiger partial charge in [0.15, 0.2) is 11.5 Å². The van der Waals surface area contributed by atoms with E-state index in [4.69, 9.17) is 21.1 Å². The molecule has 0 radical (unpaired) electrons. The number of nitrogens with zero attached hydrogens (tertiary/aromatic N) is 2. The van der Waals surface area contributed by atoms with Crippen LogP contribution in [0.15, 0.2) is 54.9 Å². The van der Waals surface area contributed by atoms with Crippen molar-refractivity contribution in [1.82, 2.24) is 14.9 Å². The number of imidazole rings is 1. The van der Waals surface area contributed by atoms with Gasteiger partial charge in [-0.1, -0.05) is 29.8 Å². The monoisotopic (exact) mass is 413 g/mol. The van der Waals surface area contributed by atoms with Gasteiger partial charge in [0, 0.05) is 31.1 Å². The van der Waals surface area contributed by atoms with E-state index in [0.29, 0.717) is 33.5 Å². The molecule has 1 amide bonds. The first-order valence-electron chi connectivity index (χ1n) is 8.82. The van der Waals surface area contributed by atoms with Gasteiger partial charge in [0.05, 0.1) is 5.02 Å². The van der Waals surface area contributed by atoms with E-state index in [1.165, 1.54) is 12.1 Å². The summed E-state index contributed by atoms with van der Waals surface area (Å²) in [4.78, 5) is 16.9. The number of hydrogen-bond donors (Lipinski definition) is 1. The second kappa shape index (κ2) is 7.97. The molecule has 29 heavy (non-hydrogen) atoms. The molecule has 0 unspecified atom stereocenters. The zero-order chi connectivity index (χ0) is 20.4. The van der Waals surface area contributed by atoms with Crippen LogP contribution in [-0.4, -0.2) is 22.3 Å². The predicted molar refractivity (Wildman–Crippen MR) is 106 cm³/mol. The van der Waals surface area contributed by atoms with Gasteiger partial charge in [-0.25, -0.2) is 9.37 Å². The molecule has 1 atom stereocenters. The van der Waals surface area contributed by atoms with E-state index in [1.807, 2.05) is 0 Å². The molecular weight excluding hydrogens is 397 g/mol. The number of carbonyl (C=O) groups excluding carboxylic acids is 1. The fourth-order valence-electron chi connectivity index (χ4n) is 3.09. The Morgan fingerprint density at radius 2 is 2.17 bits per heavy atom. The summed E-state index contributed by atoms with van der Waals surface area (Å²) < 4.78 is 26.7. The van der Waals surface area contributed by atoms with Gasteiger partial charge in [-0.15, -0.1) is 0 Å². The Balaban J connectivity index is 1.58. The van der Waals surface area contributed by atoms with Crippen molar-refractivity contribution in [3.05, 3.63) is 82.7 Å². The number of amides is 1. The zero-order valence-electron chi connectivity index (χ0n) is 15.4. The first-order valence-corrected chi connectivity index (χ1v) is 9.20. The Morgan fingerprint density at radius 3 is 2.93 bits per heavy atom. The van der Waals surface area contributed by atoms with Crippen LogP contribution in [0.25, 0.3) is 6.08 Å². The number of halogens is 2. The van der Waals surface area contributed by atoms with E-state index in [9.17, 15) is 9.18 Å². The number of ether oxygens (including phenoxy) is 2. The van der Waals surface area contributed by atoms with Gasteiger partial charge in [-0.05, 0) is 29.8 Å². The Morgan fingerprint density at radius 1 is 1.34 bits per heavy atom. The van der Waals surface area contributed by atoms with Gasteiger partial charge in [-0.2, -0.15) is 0 Å². The Kier molecular flexibility index (Phi) is 5.22. The van der Waals surface area contributed by atoms with Gasteiger partial charge >= 0.3 is 0 Å². The summed E-state index contributed by atoms with van der Waals surface area (Å²) in [7, 11) is 1.78. The van der Waals surface area contributed by atoms with Crippen LogP contribution in [0, 0.1) is 5.82 Å². The van der Waals surface area contributed by atoms with Crippen molar-refractivity contribution in [3.8, 4) is 11.5 Å². The van der Waals surface area contributed by atoms with E-state index in [0.717, 1.165) is 0 Å². The molecule has 1 aromatic heterocycles. The molecule has 4 rings (SSSR count). The lowest BCUT2D eigenvalue weighted by molar-refractivity contribution is -0.117. The number of benzene rings is 2. The van der Waals surface area contributed by atoms with Crippen LogP contribution in [0.3, 0.4) is 0 Å². The molecule has 3 aromatic rings. The first kappa shape index (κ1) is 19.0. The summed E-state index contributed by atoms with van der Waals surface area (Å²) in [6.07, 6.45) is 6.28. The highest BCUT2D eigenvalue weighted by Crippen LogP contribution is 2.40. The van der Waals surface area contributed by atoms with Crippen molar-refractivity contribution in [2.75, 3.05) is 6.79 Å². The van der Waals surface area contributed by atoms with Crippen LogP contribution in [0.4, 0.5) is 4.39 Å². The second-order valence-electron chi connectivity index (χ2n) is 6.43. The molecule has 1 N–H and O–H groups in total. The number of hydrogen-bond acceptors (Lipinski definition) is 4. The molecule has 1 aliphatic heterocycles. The fourth-order valence-corrected chi connectivity index (χ4v) is 3.37. The van der Waals surface area contributed by atoms with Crippen molar-refractivity contribution in [1.29, 1.82) is 0 Å². The van der Waals surface area contributed by atoms with Crippen LogP contribution in [0.5, 0.6) is 11.5 Å². The molecule has 0 fully saturated rings. The maximum Gasteiger partial charge on any atom is 0.244 e. The van der Waals surface area contributed by atoms with Crippen molar-refractivity contribution in [2.24, 2.45) is 7.05 Å². The SMILES string of the molecule is Cn1ccnc1[C@H](NC(=O)/C=C/c1cc(Cl)c2c(c1)OCO2)c1ccccc1F. The number of nitrogens with one attached hydrogen (secondary N) is 1. The van der Waals surface area contributed by atoms with Crippen LogP contribution >= 0.6 is 11.6 Å². The van der Waals surface area contributed by atoms with E-state index < -0.39 is 17.8 Å². The summed E-state index contributed by atoms with van der Waals surface area (Å²) >= 11 is 6.16. The molecule has 0 saturated carbocycles. The molecule has 0 saturated heterocycles. The Bertz CT molecular complexity index is 1100. The zero-order valence-corrected chi connectivity index (χ0v) is 16.2. The minimum absolute atomic E-state index is 0.108. The first-order chi connectivity index (χ1) is 14.0.